The quantitative estimate of drug-likeness (QED) is 0.841. The van der Waals surface area contributed by atoms with E-state index in [9.17, 15) is 0 Å². The molecule has 1 atom stereocenters. The summed E-state index contributed by atoms with van der Waals surface area (Å²) in [5.74, 6) is 0. The van der Waals surface area contributed by atoms with Gasteiger partial charge >= 0.3 is 0 Å². The van der Waals surface area contributed by atoms with E-state index < -0.39 is 0 Å². The molecule has 84 valence electrons. The van der Waals surface area contributed by atoms with Crippen molar-refractivity contribution < 1.29 is 0 Å². The second-order valence-electron chi connectivity index (χ2n) is 3.92. The van der Waals surface area contributed by atoms with E-state index in [1.807, 2.05) is 0 Å². The Balaban J connectivity index is 2.68. The molecule has 1 N–H and O–H groups in total. The van der Waals surface area contributed by atoms with Crippen molar-refractivity contribution in [1.29, 1.82) is 0 Å². The van der Waals surface area contributed by atoms with E-state index in [-0.39, 0.29) is 0 Å². The molecule has 2 heteroatoms. The first kappa shape index (κ1) is 12.7. The van der Waals surface area contributed by atoms with E-state index in [0.29, 0.717) is 12.1 Å². The lowest BCUT2D eigenvalue weighted by atomic mass is 10.1. The third-order valence-electron chi connectivity index (χ3n) is 2.84. The molecular formula is C13H20BrN. The topological polar surface area (TPSA) is 12.0 Å². The van der Waals surface area contributed by atoms with E-state index in [2.05, 4.69) is 66.3 Å². The Labute approximate surface area is 101 Å². The highest BCUT2D eigenvalue weighted by Gasteiger charge is 2.11. The Bertz CT molecular complexity index is 294. The van der Waals surface area contributed by atoms with Crippen molar-refractivity contribution in [3.8, 4) is 0 Å². The first-order valence-corrected chi connectivity index (χ1v) is 6.48. The molecule has 1 aromatic rings. The number of hydrogen-bond acceptors (Lipinski definition) is 1. The lowest BCUT2D eigenvalue weighted by Gasteiger charge is -2.22. The van der Waals surface area contributed by atoms with Crippen LogP contribution in [0.1, 0.15) is 45.2 Å². The summed E-state index contributed by atoms with van der Waals surface area (Å²) in [6, 6.07) is 9.44. The van der Waals surface area contributed by atoms with Crippen LogP contribution < -0.4 is 5.32 Å². The molecule has 0 amide bonds. The van der Waals surface area contributed by atoms with E-state index in [4.69, 9.17) is 0 Å². The fraction of sp³-hybridized carbons (Fsp3) is 0.538. The van der Waals surface area contributed by atoms with Gasteiger partial charge in [-0.15, -0.1) is 0 Å². The highest BCUT2D eigenvalue weighted by atomic mass is 79.9. The van der Waals surface area contributed by atoms with Crippen molar-refractivity contribution in [2.75, 3.05) is 0 Å². The monoisotopic (exact) mass is 269 g/mol. The number of nitrogens with one attached hydrogen (secondary N) is 1. The van der Waals surface area contributed by atoms with Gasteiger partial charge in [0.1, 0.15) is 0 Å². The molecule has 1 aromatic carbocycles. The number of hydrogen-bond donors (Lipinski definition) is 1. The Morgan fingerprint density at radius 2 is 1.80 bits per heavy atom. The second-order valence-corrected chi connectivity index (χ2v) is 4.78. The maximum absolute atomic E-state index is 3.64. The molecule has 0 spiro atoms. The standard InChI is InChI=1S/C13H20BrN/c1-4-11(5-2)15-10(3)12-8-6-7-9-13(12)14/h6-11,15H,4-5H2,1-3H3. The number of halogens is 1. The van der Waals surface area contributed by atoms with Gasteiger partial charge in [0.15, 0.2) is 0 Å². The van der Waals surface area contributed by atoms with Gasteiger partial charge in [-0.05, 0) is 31.4 Å². The minimum Gasteiger partial charge on any atom is -0.307 e. The highest BCUT2D eigenvalue weighted by Crippen LogP contribution is 2.23. The van der Waals surface area contributed by atoms with Crippen LogP contribution in [-0.4, -0.2) is 6.04 Å². The lowest BCUT2D eigenvalue weighted by Crippen LogP contribution is -2.30. The minimum absolute atomic E-state index is 0.408. The van der Waals surface area contributed by atoms with E-state index in [1.54, 1.807) is 0 Å². The average molecular weight is 270 g/mol. The van der Waals surface area contributed by atoms with Crippen LogP contribution in [0, 0.1) is 0 Å². The zero-order chi connectivity index (χ0) is 11.3. The first-order valence-electron chi connectivity index (χ1n) is 5.69. The maximum atomic E-state index is 3.64. The van der Waals surface area contributed by atoms with Crippen molar-refractivity contribution in [3.63, 3.8) is 0 Å². The van der Waals surface area contributed by atoms with Crippen LogP contribution in [0.4, 0.5) is 0 Å². The Hall–Kier alpha value is -0.340. The summed E-state index contributed by atoms with van der Waals surface area (Å²) in [6.45, 7) is 6.68. The normalized spacial score (nSPS) is 13.1. The van der Waals surface area contributed by atoms with Gasteiger partial charge in [0, 0.05) is 16.6 Å². The van der Waals surface area contributed by atoms with Crippen molar-refractivity contribution in [2.45, 2.75) is 45.7 Å². The Morgan fingerprint density at radius 3 is 2.33 bits per heavy atom. The van der Waals surface area contributed by atoms with Crippen molar-refractivity contribution in [3.05, 3.63) is 34.3 Å². The SMILES string of the molecule is CCC(CC)NC(C)c1ccccc1Br. The van der Waals surface area contributed by atoms with Crippen LogP contribution in [0.15, 0.2) is 28.7 Å². The third kappa shape index (κ3) is 3.62. The smallest absolute Gasteiger partial charge is 0.0305 e. The molecule has 0 aliphatic carbocycles. The summed E-state index contributed by atoms with van der Waals surface area (Å²) in [5, 5.41) is 3.64. The Kier molecular flexibility index (Phi) is 5.34. The van der Waals surface area contributed by atoms with Gasteiger partial charge in [0.2, 0.25) is 0 Å². The molecule has 0 aliphatic rings. The molecular weight excluding hydrogens is 250 g/mol. The van der Waals surface area contributed by atoms with Crippen LogP contribution in [-0.2, 0) is 0 Å². The zero-order valence-corrected chi connectivity index (χ0v) is 11.3. The predicted octanol–water partition coefficient (Wildman–Crippen LogP) is 4.29. The molecule has 1 rings (SSSR count). The molecule has 0 saturated carbocycles. The Morgan fingerprint density at radius 1 is 1.20 bits per heavy atom. The number of rotatable bonds is 5. The van der Waals surface area contributed by atoms with Gasteiger partial charge in [0.05, 0.1) is 0 Å². The fourth-order valence-corrected chi connectivity index (χ4v) is 2.42. The molecule has 1 unspecified atom stereocenters. The van der Waals surface area contributed by atoms with Gasteiger partial charge in [-0.1, -0.05) is 48.0 Å². The highest BCUT2D eigenvalue weighted by molar-refractivity contribution is 9.10. The summed E-state index contributed by atoms with van der Waals surface area (Å²) in [7, 11) is 0. The van der Waals surface area contributed by atoms with Gasteiger partial charge in [-0.25, -0.2) is 0 Å². The molecule has 0 bridgehead atoms. The van der Waals surface area contributed by atoms with Crippen molar-refractivity contribution in [2.24, 2.45) is 0 Å². The number of benzene rings is 1. The van der Waals surface area contributed by atoms with Gasteiger partial charge < -0.3 is 5.32 Å². The van der Waals surface area contributed by atoms with Crippen molar-refractivity contribution >= 4 is 15.9 Å². The van der Waals surface area contributed by atoms with E-state index in [1.165, 1.54) is 22.9 Å². The lowest BCUT2D eigenvalue weighted by molar-refractivity contribution is 0.432. The van der Waals surface area contributed by atoms with E-state index in [0.717, 1.165) is 0 Å². The van der Waals surface area contributed by atoms with E-state index >= 15 is 0 Å². The summed E-state index contributed by atoms with van der Waals surface area (Å²) in [6.07, 6.45) is 2.37. The predicted molar refractivity (Wildman–Crippen MR) is 70.1 cm³/mol. The molecule has 0 heterocycles. The maximum Gasteiger partial charge on any atom is 0.0305 e. The largest absolute Gasteiger partial charge is 0.307 e. The van der Waals surface area contributed by atoms with Gasteiger partial charge in [0.25, 0.3) is 0 Å². The van der Waals surface area contributed by atoms with Crippen LogP contribution >= 0.6 is 15.9 Å². The van der Waals surface area contributed by atoms with Crippen LogP contribution in [0.5, 0.6) is 0 Å². The minimum atomic E-state index is 0.408. The fourth-order valence-electron chi connectivity index (χ4n) is 1.79. The van der Waals surface area contributed by atoms with Crippen LogP contribution in [0.2, 0.25) is 0 Å². The van der Waals surface area contributed by atoms with Crippen LogP contribution in [0.3, 0.4) is 0 Å². The molecule has 0 aliphatic heterocycles. The summed E-state index contributed by atoms with van der Waals surface area (Å²) in [4.78, 5) is 0. The summed E-state index contributed by atoms with van der Waals surface area (Å²) in [5.41, 5.74) is 1.34. The molecule has 0 aromatic heterocycles. The van der Waals surface area contributed by atoms with Gasteiger partial charge in [-0.2, -0.15) is 0 Å². The van der Waals surface area contributed by atoms with Crippen LogP contribution in [0.25, 0.3) is 0 Å². The average Bonchev–Trinajstić information content (AvgIpc) is 2.26. The summed E-state index contributed by atoms with van der Waals surface area (Å²) < 4.78 is 1.19. The second kappa shape index (κ2) is 6.29. The van der Waals surface area contributed by atoms with Crippen molar-refractivity contribution in [1.82, 2.24) is 5.32 Å². The zero-order valence-electron chi connectivity index (χ0n) is 9.76. The molecule has 0 fully saturated rings. The first-order chi connectivity index (χ1) is 7.19. The molecule has 0 radical (unpaired) electrons. The molecule has 1 nitrogen and oxygen atoms in total. The molecule has 0 saturated heterocycles. The summed E-state index contributed by atoms with van der Waals surface area (Å²) >= 11 is 3.59. The third-order valence-corrected chi connectivity index (χ3v) is 3.57. The molecule has 15 heavy (non-hydrogen) atoms. The van der Waals surface area contributed by atoms with Gasteiger partial charge in [-0.3, -0.25) is 0 Å².